The molecule has 0 saturated heterocycles. The second-order valence-corrected chi connectivity index (χ2v) is 9.27. The van der Waals surface area contributed by atoms with E-state index in [-0.39, 0.29) is 11.6 Å². The molecule has 1 amide bonds. The average molecular weight is 550 g/mol. The van der Waals surface area contributed by atoms with E-state index >= 15 is 0 Å². The Bertz CT molecular complexity index is 1650. The molecule has 0 fully saturated rings. The Morgan fingerprint density at radius 3 is 2.44 bits per heavy atom. The summed E-state index contributed by atoms with van der Waals surface area (Å²) in [6.45, 7) is 1.04. The normalized spacial score (nSPS) is 11.5. The molecule has 0 bridgehead atoms. The maximum atomic E-state index is 13.9. The lowest BCUT2D eigenvalue weighted by Gasteiger charge is -2.16. The lowest BCUT2D eigenvalue weighted by molar-refractivity contribution is 0.00763. The average Bonchev–Trinajstić information content (AvgIpc) is 3.32. The van der Waals surface area contributed by atoms with E-state index in [1.807, 2.05) is 24.3 Å². The van der Waals surface area contributed by atoms with Crippen LogP contribution in [0.1, 0.15) is 28.9 Å². The van der Waals surface area contributed by atoms with Crippen LogP contribution in [0.15, 0.2) is 67.0 Å². The third-order valence-electron chi connectivity index (χ3n) is 5.91. The van der Waals surface area contributed by atoms with Crippen LogP contribution in [0, 0.1) is 0 Å². The number of nitrogens with zero attached hydrogens (tertiary/aromatic N) is 7. The Morgan fingerprint density at radius 2 is 1.77 bits per heavy atom. The molecule has 0 N–H and O–H groups in total. The van der Waals surface area contributed by atoms with Crippen LogP contribution in [0.25, 0.3) is 28.1 Å². The molecule has 0 unspecified atom stereocenters. The van der Waals surface area contributed by atoms with Crippen molar-refractivity contribution in [1.29, 1.82) is 0 Å². The molecule has 2 aromatic carbocycles. The fourth-order valence-corrected chi connectivity index (χ4v) is 4.04. The molecule has 0 atom stereocenters. The Kier molecular flexibility index (Phi) is 6.92. The highest BCUT2D eigenvalue weighted by molar-refractivity contribution is 6.30. The maximum absolute atomic E-state index is 13.9. The van der Waals surface area contributed by atoms with Crippen LogP contribution in [-0.2, 0) is 12.5 Å². The van der Waals surface area contributed by atoms with Gasteiger partial charge in [0.05, 0.1) is 13.3 Å². The number of methoxy groups -OCH3 is 1. The van der Waals surface area contributed by atoms with Crippen LogP contribution < -0.4 is 4.74 Å². The lowest BCUT2D eigenvalue weighted by atomic mass is 10.1. The van der Waals surface area contributed by atoms with Gasteiger partial charge in [0.1, 0.15) is 22.5 Å². The van der Waals surface area contributed by atoms with Crippen LogP contribution in [0.3, 0.4) is 0 Å². The summed E-state index contributed by atoms with van der Waals surface area (Å²) in [5, 5.41) is 5.14. The molecule has 39 heavy (non-hydrogen) atoms. The van der Waals surface area contributed by atoms with E-state index in [1.165, 1.54) is 28.0 Å². The summed E-state index contributed by atoms with van der Waals surface area (Å²) >= 11 is 6.07. The molecule has 3 aromatic heterocycles. The summed E-state index contributed by atoms with van der Waals surface area (Å²) in [6, 6.07) is 15.7. The number of carbonyl (C=O) groups is 1. The summed E-state index contributed by atoms with van der Waals surface area (Å²) in [6.07, 6.45) is 2.66. The van der Waals surface area contributed by atoms with Crippen LogP contribution in [0.5, 0.6) is 5.75 Å². The van der Waals surface area contributed by atoms with Crippen molar-refractivity contribution in [3.05, 3.63) is 89.2 Å². The largest absolute Gasteiger partial charge is 0.497 e. The van der Waals surface area contributed by atoms with Crippen molar-refractivity contribution in [3.8, 4) is 22.8 Å². The molecule has 5 aromatic rings. The first-order valence-corrected chi connectivity index (χ1v) is 12.1. The van der Waals surface area contributed by atoms with Crippen molar-refractivity contribution in [3.63, 3.8) is 0 Å². The molecule has 0 aliphatic heterocycles. The molecular weight excluding hydrogens is 528 g/mol. The number of fused-ring (bicyclic) bond motifs is 1. The Hall–Kier alpha value is -4.51. The predicted octanol–water partition coefficient (Wildman–Crippen LogP) is 5.32. The van der Waals surface area contributed by atoms with Crippen molar-refractivity contribution in [2.45, 2.75) is 19.4 Å². The minimum atomic E-state index is -3.25. The number of carbonyl (C=O) groups excluding carboxylic acids is 1. The number of amides is 1. The van der Waals surface area contributed by atoms with Crippen LogP contribution in [0.2, 0.25) is 5.02 Å². The van der Waals surface area contributed by atoms with Gasteiger partial charge >= 0.3 is 5.92 Å². The van der Waals surface area contributed by atoms with E-state index in [4.69, 9.17) is 16.3 Å². The highest BCUT2D eigenvalue weighted by atomic mass is 35.5. The van der Waals surface area contributed by atoms with Gasteiger partial charge in [-0.15, -0.1) is 0 Å². The summed E-state index contributed by atoms with van der Waals surface area (Å²) in [7, 11) is 3.23. The van der Waals surface area contributed by atoms with Crippen molar-refractivity contribution in [2.75, 3.05) is 14.2 Å². The molecular formula is C27H22ClF2N7O2. The predicted molar refractivity (Wildman–Crippen MR) is 141 cm³/mol. The fourth-order valence-electron chi connectivity index (χ4n) is 3.91. The Morgan fingerprint density at radius 1 is 1.05 bits per heavy atom. The molecule has 5 rings (SSSR count). The van der Waals surface area contributed by atoms with Gasteiger partial charge in [0, 0.05) is 43.4 Å². The molecule has 198 valence electrons. The molecule has 0 radical (unpaired) electrons. The lowest BCUT2D eigenvalue weighted by Crippen LogP contribution is -2.28. The second-order valence-electron chi connectivity index (χ2n) is 8.83. The van der Waals surface area contributed by atoms with E-state index in [2.05, 4.69) is 25.0 Å². The number of aromatic nitrogens is 6. The van der Waals surface area contributed by atoms with Crippen LogP contribution in [0.4, 0.5) is 8.78 Å². The van der Waals surface area contributed by atoms with Gasteiger partial charge in [-0.05, 0) is 29.8 Å². The number of hydrogen-bond donors (Lipinski definition) is 0. The van der Waals surface area contributed by atoms with Gasteiger partial charge < -0.3 is 9.64 Å². The topological polar surface area (TPSA) is 98.9 Å². The zero-order valence-electron chi connectivity index (χ0n) is 21.1. The van der Waals surface area contributed by atoms with Gasteiger partial charge in [0.15, 0.2) is 5.82 Å². The van der Waals surface area contributed by atoms with Gasteiger partial charge in [-0.25, -0.2) is 24.6 Å². The smallest absolute Gasteiger partial charge is 0.303 e. The molecule has 0 saturated carbocycles. The summed E-state index contributed by atoms with van der Waals surface area (Å²) in [4.78, 5) is 31.3. The quantitative estimate of drug-likeness (QED) is 0.271. The molecule has 9 nitrogen and oxygen atoms in total. The summed E-state index contributed by atoms with van der Waals surface area (Å²) in [5.41, 5.74) is 2.67. The first-order chi connectivity index (χ1) is 18.6. The van der Waals surface area contributed by atoms with Crippen molar-refractivity contribution < 1.29 is 18.3 Å². The van der Waals surface area contributed by atoms with Crippen LogP contribution >= 0.6 is 11.6 Å². The first kappa shape index (κ1) is 26.1. The molecule has 12 heteroatoms. The monoisotopic (exact) mass is 549 g/mol. The number of rotatable bonds is 7. The molecule has 3 heterocycles. The Labute approximate surface area is 227 Å². The second kappa shape index (κ2) is 10.3. The van der Waals surface area contributed by atoms with Gasteiger partial charge in [0.2, 0.25) is 11.6 Å². The molecule has 0 aliphatic carbocycles. The number of halogens is 3. The molecule has 0 aliphatic rings. The van der Waals surface area contributed by atoms with Crippen molar-refractivity contribution >= 4 is 28.5 Å². The van der Waals surface area contributed by atoms with Gasteiger partial charge in [0.25, 0.3) is 5.91 Å². The zero-order valence-corrected chi connectivity index (χ0v) is 21.9. The highest BCUT2D eigenvalue weighted by Crippen LogP contribution is 2.30. The number of ether oxygens (including phenoxy) is 1. The summed E-state index contributed by atoms with van der Waals surface area (Å²) in [5.74, 6) is -3.53. The fraction of sp³-hybridized carbons (Fsp3) is 0.185. The van der Waals surface area contributed by atoms with Gasteiger partial charge in [-0.1, -0.05) is 35.9 Å². The van der Waals surface area contributed by atoms with Crippen molar-refractivity contribution in [2.24, 2.45) is 0 Å². The van der Waals surface area contributed by atoms with E-state index in [0.717, 1.165) is 12.5 Å². The standard InChI is InChI=1S/C27H22ClF2N7O2/c1-27(29,30)26-31-13-12-21(33-26)37-20-14-32-24(25(38)36(2)15-16-4-10-19(39-3)11-5-16)34-23(20)22(35-37)17-6-8-18(28)9-7-17/h4-14H,15H2,1-3H3. The SMILES string of the molecule is COc1ccc(CN(C)C(=O)c2ncc3c(n2)c(-c2ccc(Cl)cc2)nn3-c2ccnc(C(C)(F)F)n2)cc1. The highest BCUT2D eigenvalue weighted by Gasteiger charge is 2.29. The Balaban J connectivity index is 1.57. The number of hydrogen-bond acceptors (Lipinski definition) is 7. The van der Waals surface area contributed by atoms with E-state index in [9.17, 15) is 13.6 Å². The third kappa shape index (κ3) is 5.39. The maximum Gasteiger partial charge on any atom is 0.303 e. The first-order valence-electron chi connectivity index (χ1n) is 11.8. The van der Waals surface area contributed by atoms with Gasteiger partial charge in [-0.3, -0.25) is 4.79 Å². The zero-order chi connectivity index (χ0) is 27.7. The van der Waals surface area contributed by atoms with Crippen LogP contribution in [-0.4, -0.2) is 54.7 Å². The third-order valence-corrected chi connectivity index (χ3v) is 6.16. The number of alkyl halides is 2. The molecule has 0 spiro atoms. The minimum absolute atomic E-state index is 0.0447. The van der Waals surface area contributed by atoms with E-state index in [1.54, 1.807) is 38.4 Å². The summed E-state index contributed by atoms with van der Waals surface area (Å²) < 4.78 is 34.4. The van der Waals surface area contributed by atoms with Crippen molar-refractivity contribution in [1.82, 2.24) is 34.6 Å². The van der Waals surface area contributed by atoms with E-state index < -0.39 is 17.7 Å². The van der Waals surface area contributed by atoms with E-state index in [0.29, 0.717) is 39.6 Å². The number of benzene rings is 2. The minimum Gasteiger partial charge on any atom is -0.497 e. The van der Waals surface area contributed by atoms with Gasteiger partial charge in [-0.2, -0.15) is 13.9 Å².